The van der Waals surface area contributed by atoms with Crippen molar-refractivity contribution in [2.45, 2.75) is 11.4 Å². The van der Waals surface area contributed by atoms with Crippen LogP contribution in [0.5, 0.6) is 0 Å². The molecule has 6 heteroatoms. The first-order valence-corrected chi connectivity index (χ1v) is 7.16. The van der Waals surface area contributed by atoms with E-state index in [9.17, 15) is 8.76 Å². The molecule has 1 unspecified atom stereocenters. The van der Waals surface area contributed by atoms with Gasteiger partial charge in [-0.3, -0.25) is 4.21 Å². The lowest BCUT2D eigenvalue weighted by atomic mass is 10.2. The number of aromatic nitrogens is 2. The standard InChI is InChI=1S/C14H13N3O2S/c18-20(19)12-4-1-10(2-5-12)9-16-13-6-3-11-7-8-15-14(11)17-13/h1-8H,9H2,(H,18,19)(H2,15,16,17)/p-1. The largest absolute Gasteiger partial charge is 0.768 e. The maximum atomic E-state index is 10.8. The number of anilines is 1. The highest BCUT2D eigenvalue weighted by Crippen LogP contribution is 2.14. The molecule has 1 aromatic carbocycles. The first-order valence-electron chi connectivity index (χ1n) is 6.08. The number of hydrogen-bond donors (Lipinski definition) is 2. The van der Waals surface area contributed by atoms with E-state index in [-0.39, 0.29) is 0 Å². The molecule has 20 heavy (non-hydrogen) atoms. The number of nitrogens with one attached hydrogen (secondary N) is 2. The van der Waals surface area contributed by atoms with Gasteiger partial charge in [0, 0.05) is 23.0 Å². The Balaban J connectivity index is 1.70. The summed E-state index contributed by atoms with van der Waals surface area (Å²) in [7, 11) is 0. The van der Waals surface area contributed by atoms with Gasteiger partial charge in [0.1, 0.15) is 11.5 Å². The van der Waals surface area contributed by atoms with Crippen molar-refractivity contribution in [2.75, 3.05) is 5.32 Å². The lowest BCUT2D eigenvalue weighted by Gasteiger charge is -2.08. The summed E-state index contributed by atoms with van der Waals surface area (Å²) in [5.41, 5.74) is 1.83. The summed E-state index contributed by atoms with van der Waals surface area (Å²) in [4.78, 5) is 7.78. The van der Waals surface area contributed by atoms with Gasteiger partial charge < -0.3 is 14.9 Å². The van der Waals surface area contributed by atoms with Crippen molar-refractivity contribution in [3.63, 3.8) is 0 Å². The van der Waals surface area contributed by atoms with E-state index in [1.807, 2.05) is 24.4 Å². The molecule has 0 saturated carbocycles. The van der Waals surface area contributed by atoms with Gasteiger partial charge in [0.2, 0.25) is 0 Å². The molecule has 0 radical (unpaired) electrons. The van der Waals surface area contributed by atoms with Crippen LogP contribution in [0.1, 0.15) is 5.56 Å². The maximum Gasteiger partial charge on any atom is 0.139 e. The zero-order valence-corrected chi connectivity index (χ0v) is 11.3. The Morgan fingerprint density at radius 1 is 1.15 bits per heavy atom. The van der Waals surface area contributed by atoms with Crippen LogP contribution in [0.2, 0.25) is 0 Å². The Kier molecular flexibility index (Phi) is 3.49. The first kappa shape index (κ1) is 12.8. The number of rotatable bonds is 4. The summed E-state index contributed by atoms with van der Waals surface area (Å²) in [6.45, 7) is 0.588. The van der Waals surface area contributed by atoms with Gasteiger partial charge in [0.15, 0.2) is 0 Å². The van der Waals surface area contributed by atoms with Crippen LogP contribution in [0, 0.1) is 0 Å². The molecule has 3 aromatic rings. The molecule has 0 aliphatic heterocycles. The zero-order chi connectivity index (χ0) is 13.9. The SMILES string of the molecule is O=S([O-])c1ccc(CNc2ccc3cc[nH]c3n2)cc1. The Morgan fingerprint density at radius 2 is 1.95 bits per heavy atom. The molecule has 0 bridgehead atoms. The molecule has 102 valence electrons. The second-order valence-electron chi connectivity index (χ2n) is 4.34. The third-order valence-electron chi connectivity index (χ3n) is 3.00. The van der Waals surface area contributed by atoms with E-state index in [2.05, 4.69) is 15.3 Å². The Bertz CT molecular complexity index is 752. The van der Waals surface area contributed by atoms with E-state index >= 15 is 0 Å². The molecular formula is C14H12N3O2S-. The number of fused-ring (bicyclic) bond motifs is 1. The fourth-order valence-electron chi connectivity index (χ4n) is 1.94. The monoisotopic (exact) mass is 286 g/mol. The average molecular weight is 286 g/mol. The van der Waals surface area contributed by atoms with Crippen molar-refractivity contribution in [2.24, 2.45) is 0 Å². The molecule has 0 aliphatic rings. The fraction of sp³-hybridized carbons (Fsp3) is 0.0714. The molecule has 0 saturated heterocycles. The van der Waals surface area contributed by atoms with Gasteiger partial charge in [0.05, 0.1) is 0 Å². The van der Waals surface area contributed by atoms with Crippen LogP contribution < -0.4 is 5.32 Å². The van der Waals surface area contributed by atoms with Crippen LogP contribution in [0.15, 0.2) is 53.6 Å². The van der Waals surface area contributed by atoms with E-state index in [4.69, 9.17) is 0 Å². The van der Waals surface area contributed by atoms with E-state index in [1.165, 1.54) is 0 Å². The minimum absolute atomic E-state index is 0.291. The van der Waals surface area contributed by atoms with Gasteiger partial charge >= 0.3 is 0 Å². The van der Waals surface area contributed by atoms with E-state index < -0.39 is 11.1 Å². The summed E-state index contributed by atoms with van der Waals surface area (Å²) in [6.07, 6.45) is 1.85. The third-order valence-corrected chi connectivity index (χ3v) is 3.66. The first-order chi connectivity index (χ1) is 9.72. The van der Waals surface area contributed by atoms with Crippen molar-refractivity contribution in [3.05, 3.63) is 54.2 Å². The molecule has 0 fully saturated rings. The fourth-order valence-corrected chi connectivity index (χ4v) is 2.30. The molecular weight excluding hydrogens is 274 g/mol. The average Bonchev–Trinajstić information content (AvgIpc) is 2.93. The summed E-state index contributed by atoms with van der Waals surface area (Å²) >= 11 is -2.18. The quantitative estimate of drug-likeness (QED) is 0.722. The summed E-state index contributed by atoms with van der Waals surface area (Å²) in [6, 6.07) is 12.6. The van der Waals surface area contributed by atoms with Crippen LogP contribution in [0.4, 0.5) is 5.82 Å². The van der Waals surface area contributed by atoms with Crippen molar-refractivity contribution in [3.8, 4) is 0 Å². The predicted molar refractivity (Wildman–Crippen MR) is 77.0 cm³/mol. The molecule has 0 aliphatic carbocycles. The Hall–Kier alpha value is -2.18. The molecule has 3 rings (SSSR count). The Labute approximate surface area is 118 Å². The van der Waals surface area contributed by atoms with E-state index in [0.29, 0.717) is 11.4 Å². The van der Waals surface area contributed by atoms with Gasteiger partial charge in [-0.15, -0.1) is 0 Å². The van der Waals surface area contributed by atoms with Crippen LogP contribution in [0.25, 0.3) is 11.0 Å². The lowest BCUT2D eigenvalue weighted by molar-refractivity contribution is 0.537. The highest BCUT2D eigenvalue weighted by atomic mass is 32.2. The molecule has 0 spiro atoms. The second kappa shape index (κ2) is 5.44. The normalized spacial score (nSPS) is 12.4. The van der Waals surface area contributed by atoms with Crippen molar-refractivity contribution in [1.29, 1.82) is 0 Å². The van der Waals surface area contributed by atoms with Crippen LogP contribution in [-0.2, 0) is 17.6 Å². The summed E-state index contributed by atoms with van der Waals surface area (Å²) in [5.74, 6) is 0.774. The van der Waals surface area contributed by atoms with Gasteiger partial charge in [0.25, 0.3) is 0 Å². The number of H-pyrrole nitrogens is 1. The van der Waals surface area contributed by atoms with Crippen LogP contribution >= 0.6 is 0 Å². The molecule has 2 aromatic heterocycles. The highest BCUT2D eigenvalue weighted by Gasteiger charge is 1.99. The van der Waals surface area contributed by atoms with Crippen molar-refractivity contribution < 1.29 is 8.76 Å². The Morgan fingerprint density at radius 3 is 2.70 bits per heavy atom. The second-order valence-corrected chi connectivity index (χ2v) is 5.29. The van der Waals surface area contributed by atoms with E-state index in [0.717, 1.165) is 22.4 Å². The van der Waals surface area contributed by atoms with Crippen molar-refractivity contribution in [1.82, 2.24) is 9.97 Å². The number of hydrogen-bond acceptors (Lipinski definition) is 4. The van der Waals surface area contributed by atoms with E-state index in [1.54, 1.807) is 24.3 Å². The van der Waals surface area contributed by atoms with Gasteiger partial charge in [-0.05, 0) is 47.0 Å². The minimum Gasteiger partial charge on any atom is -0.768 e. The zero-order valence-electron chi connectivity index (χ0n) is 10.5. The minimum atomic E-state index is -2.18. The maximum absolute atomic E-state index is 10.8. The number of nitrogens with zero attached hydrogens (tertiary/aromatic N) is 1. The lowest BCUT2D eigenvalue weighted by Crippen LogP contribution is -2.01. The highest BCUT2D eigenvalue weighted by molar-refractivity contribution is 7.79. The van der Waals surface area contributed by atoms with Crippen LogP contribution in [-0.4, -0.2) is 18.7 Å². The number of aromatic amines is 1. The topological polar surface area (TPSA) is 80.8 Å². The smallest absolute Gasteiger partial charge is 0.139 e. The third kappa shape index (κ3) is 2.71. The molecule has 2 N–H and O–H groups in total. The summed E-state index contributed by atoms with van der Waals surface area (Å²) < 4.78 is 21.5. The molecule has 5 nitrogen and oxygen atoms in total. The molecule has 2 heterocycles. The van der Waals surface area contributed by atoms with Crippen LogP contribution in [0.3, 0.4) is 0 Å². The predicted octanol–water partition coefficient (Wildman–Crippen LogP) is 2.41. The molecule has 0 amide bonds. The summed E-state index contributed by atoms with van der Waals surface area (Å²) in [5, 5.41) is 4.27. The van der Waals surface area contributed by atoms with Gasteiger partial charge in [-0.1, -0.05) is 12.1 Å². The molecule has 1 atom stereocenters. The van der Waals surface area contributed by atoms with Gasteiger partial charge in [-0.2, -0.15) is 0 Å². The number of pyridine rings is 1. The number of benzene rings is 1. The van der Waals surface area contributed by atoms with Gasteiger partial charge in [-0.25, -0.2) is 4.98 Å². The van der Waals surface area contributed by atoms with Crippen molar-refractivity contribution >= 4 is 27.9 Å².